The molecule has 0 bridgehead atoms. The van der Waals surface area contributed by atoms with E-state index in [1.165, 1.54) is 5.69 Å². The van der Waals surface area contributed by atoms with Crippen molar-refractivity contribution in [2.75, 3.05) is 31.1 Å². The fourth-order valence-corrected chi connectivity index (χ4v) is 4.13. The third-order valence-corrected chi connectivity index (χ3v) is 5.56. The topological polar surface area (TPSA) is 67.2 Å². The van der Waals surface area contributed by atoms with Crippen molar-refractivity contribution in [3.63, 3.8) is 0 Å². The Hall–Kier alpha value is -0.660. The van der Waals surface area contributed by atoms with Crippen LogP contribution in [-0.4, -0.2) is 70.8 Å². The molecular weight excluding hydrogens is 288 g/mol. The summed E-state index contributed by atoms with van der Waals surface area (Å²) in [5, 5.41) is 33.9. The van der Waals surface area contributed by atoms with Crippen LogP contribution < -0.4 is 4.90 Å². The van der Waals surface area contributed by atoms with E-state index in [1.54, 1.807) is 11.3 Å². The molecule has 2 aliphatic rings. The molecule has 3 rings (SSSR count). The van der Waals surface area contributed by atoms with Gasteiger partial charge in [-0.25, -0.2) is 0 Å². The van der Waals surface area contributed by atoms with E-state index in [2.05, 4.69) is 26.6 Å². The lowest BCUT2D eigenvalue weighted by Crippen LogP contribution is -2.60. The summed E-state index contributed by atoms with van der Waals surface area (Å²) in [7, 11) is 0. The number of likely N-dealkylation sites (tertiary alicyclic amines) is 1. The van der Waals surface area contributed by atoms with Gasteiger partial charge in [-0.3, -0.25) is 4.90 Å². The zero-order chi connectivity index (χ0) is 15.0. The number of anilines is 1. The Balaban J connectivity index is 1.57. The van der Waals surface area contributed by atoms with Gasteiger partial charge in [0.1, 0.15) is 6.10 Å². The Bertz CT molecular complexity index is 456. The molecule has 118 valence electrons. The van der Waals surface area contributed by atoms with Crippen LogP contribution in [0.15, 0.2) is 16.8 Å². The van der Waals surface area contributed by atoms with E-state index in [4.69, 9.17) is 0 Å². The van der Waals surface area contributed by atoms with Crippen LogP contribution in [0.25, 0.3) is 0 Å². The summed E-state index contributed by atoms with van der Waals surface area (Å²) in [6.45, 7) is 5.31. The first-order valence-corrected chi connectivity index (χ1v) is 8.56. The van der Waals surface area contributed by atoms with E-state index in [9.17, 15) is 15.3 Å². The van der Waals surface area contributed by atoms with Gasteiger partial charge < -0.3 is 20.2 Å². The van der Waals surface area contributed by atoms with Crippen molar-refractivity contribution < 1.29 is 15.3 Å². The smallest absolute Gasteiger partial charge is 0.108 e. The van der Waals surface area contributed by atoms with Crippen LogP contribution in [0.3, 0.4) is 0 Å². The molecule has 3 N–H and O–H groups in total. The lowest BCUT2D eigenvalue weighted by Gasteiger charge is -2.43. The minimum absolute atomic E-state index is 0.112. The van der Waals surface area contributed by atoms with Crippen LogP contribution in [0.5, 0.6) is 0 Å². The molecule has 2 fully saturated rings. The minimum Gasteiger partial charge on any atom is -0.389 e. The average molecular weight is 312 g/mol. The van der Waals surface area contributed by atoms with E-state index in [0.29, 0.717) is 12.5 Å². The van der Waals surface area contributed by atoms with E-state index in [-0.39, 0.29) is 6.04 Å². The van der Waals surface area contributed by atoms with Crippen molar-refractivity contribution >= 4 is 17.0 Å². The molecule has 3 heterocycles. The van der Waals surface area contributed by atoms with Crippen molar-refractivity contribution in [2.45, 2.75) is 37.7 Å². The third kappa shape index (κ3) is 3.10. The second-order valence-corrected chi connectivity index (χ2v) is 7.11. The first-order chi connectivity index (χ1) is 10.1. The normalized spacial score (nSPS) is 38.1. The van der Waals surface area contributed by atoms with Gasteiger partial charge in [0, 0.05) is 43.3 Å². The molecule has 0 saturated carbocycles. The number of aliphatic hydroxyl groups is 3. The summed E-state index contributed by atoms with van der Waals surface area (Å²) in [5.41, 5.74) is 1.30. The van der Waals surface area contributed by atoms with Gasteiger partial charge in [0.25, 0.3) is 0 Å². The number of rotatable bonds is 3. The van der Waals surface area contributed by atoms with Crippen LogP contribution in [0.4, 0.5) is 5.69 Å². The molecule has 6 heteroatoms. The van der Waals surface area contributed by atoms with Crippen LogP contribution in [0.2, 0.25) is 0 Å². The number of hydrogen-bond donors (Lipinski definition) is 3. The predicted octanol–water partition coefficient (Wildman–Crippen LogP) is 0.361. The van der Waals surface area contributed by atoms with Gasteiger partial charge in [-0.15, -0.1) is 0 Å². The van der Waals surface area contributed by atoms with Crippen molar-refractivity contribution in [1.29, 1.82) is 0 Å². The van der Waals surface area contributed by atoms with E-state index >= 15 is 0 Å². The summed E-state index contributed by atoms with van der Waals surface area (Å²) in [6, 6.07) is 2.04. The summed E-state index contributed by atoms with van der Waals surface area (Å²) in [4.78, 5) is 4.52. The molecule has 21 heavy (non-hydrogen) atoms. The zero-order valence-electron chi connectivity index (χ0n) is 12.3. The molecule has 0 aliphatic carbocycles. The molecule has 2 aliphatic heterocycles. The summed E-state index contributed by atoms with van der Waals surface area (Å²) in [6.07, 6.45) is -1.62. The summed E-state index contributed by atoms with van der Waals surface area (Å²) in [5.74, 6) is 0.544. The molecule has 1 unspecified atom stereocenters. The van der Waals surface area contributed by atoms with E-state index in [0.717, 1.165) is 26.1 Å². The largest absolute Gasteiger partial charge is 0.389 e. The van der Waals surface area contributed by atoms with Gasteiger partial charge in [-0.2, -0.15) is 11.3 Å². The van der Waals surface area contributed by atoms with E-state index < -0.39 is 18.3 Å². The molecule has 1 aromatic rings. The van der Waals surface area contributed by atoms with Crippen molar-refractivity contribution in [3.8, 4) is 0 Å². The molecule has 0 aromatic carbocycles. The van der Waals surface area contributed by atoms with Crippen LogP contribution in [0.1, 0.15) is 13.3 Å². The first-order valence-electron chi connectivity index (χ1n) is 7.61. The maximum Gasteiger partial charge on any atom is 0.108 e. The van der Waals surface area contributed by atoms with Crippen molar-refractivity contribution in [2.24, 2.45) is 5.92 Å². The average Bonchev–Trinajstić information content (AvgIpc) is 3.13. The molecule has 5 nitrogen and oxygen atoms in total. The molecule has 5 atom stereocenters. The highest BCUT2D eigenvalue weighted by molar-refractivity contribution is 7.08. The van der Waals surface area contributed by atoms with E-state index in [1.807, 2.05) is 6.92 Å². The summed E-state index contributed by atoms with van der Waals surface area (Å²) >= 11 is 1.72. The molecule has 0 spiro atoms. The number of hydrogen-bond acceptors (Lipinski definition) is 6. The third-order valence-electron chi connectivity index (χ3n) is 4.89. The van der Waals surface area contributed by atoms with Gasteiger partial charge in [-0.05, 0) is 30.7 Å². The number of nitrogens with zero attached hydrogens (tertiary/aromatic N) is 2. The molecule has 1 aromatic heterocycles. The fraction of sp³-hybridized carbons (Fsp3) is 0.733. The fourth-order valence-electron chi connectivity index (χ4n) is 3.47. The first kappa shape index (κ1) is 15.2. The number of piperidine rings is 1. The van der Waals surface area contributed by atoms with Gasteiger partial charge in [0.15, 0.2) is 0 Å². The molecule has 0 amide bonds. The van der Waals surface area contributed by atoms with Crippen LogP contribution in [0, 0.1) is 5.92 Å². The van der Waals surface area contributed by atoms with Crippen molar-refractivity contribution in [1.82, 2.24) is 4.90 Å². The monoisotopic (exact) mass is 312 g/mol. The quantitative estimate of drug-likeness (QED) is 0.752. The van der Waals surface area contributed by atoms with Gasteiger partial charge in [0.2, 0.25) is 0 Å². The summed E-state index contributed by atoms with van der Waals surface area (Å²) < 4.78 is 0. The highest BCUT2D eigenvalue weighted by Crippen LogP contribution is 2.28. The van der Waals surface area contributed by atoms with Crippen molar-refractivity contribution in [3.05, 3.63) is 16.8 Å². The van der Waals surface area contributed by atoms with Gasteiger partial charge in [-0.1, -0.05) is 0 Å². The Morgan fingerprint density at radius 3 is 2.76 bits per heavy atom. The maximum absolute atomic E-state index is 10.0. The van der Waals surface area contributed by atoms with Gasteiger partial charge >= 0.3 is 0 Å². The second-order valence-electron chi connectivity index (χ2n) is 6.33. The number of β-amino-alcohol motifs (C(OH)–C–C–N with tert-alkyl or cyclic N) is 1. The molecular formula is C15H24N2O3S. The Morgan fingerprint density at radius 1 is 1.24 bits per heavy atom. The predicted molar refractivity (Wildman–Crippen MR) is 83.7 cm³/mol. The highest BCUT2D eigenvalue weighted by Gasteiger charge is 2.40. The minimum atomic E-state index is -1.03. The number of thiophene rings is 1. The Labute approximate surface area is 129 Å². The zero-order valence-corrected chi connectivity index (χ0v) is 13.1. The Morgan fingerprint density at radius 2 is 2.05 bits per heavy atom. The highest BCUT2D eigenvalue weighted by atomic mass is 32.1. The molecule has 0 radical (unpaired) electrons. The number of aliphatic hydroxyl groups excluding tert-OH is 3. The maximum atomic E-state index is 10.0. The van der Waals surface area contributed by atoms with Gasteiger partial charge in [0.05, 0.1) is 12.2 Å². The van der Waals surface area contributed by atoms with Crippen LogP contribution >= 0.6 is 11.3 Å². The molecule has 2 saturated heterocycles. The van der Waals surface area contributed by atoms with Crippen LogP contribution in [-0.2, 0) is 0 Å². The lowest BCUT2D eigenvalue weighted by atomic mass is 9.93. The SMILES string of the molecule is C[C@@H]1[C@@H](O)[C@H](O)[C@@H](O)CN1CC1CCN(c2ccsc2)C1. The lowest BCUT2D eigenvalue weighted by molar-refractivity contribution is -0.134. The Kier molecular flexibility index (Phi) is 4.51. The second kappa shape index (κ2) is 6.22. The standard InChI is InChI=1S/C15H24N2O3S/c1-10-14(19)15(20)13(18)8-17(10)7-11-2-4-16(6-11)12-3-5-21-9-12/h3,5,9-11,13-15,18-20H,2,4,6-8H2,1H3/t10-,11?,13+,14-,15-/m1/s1.